The fraction of sp³-hybridized carbons (Fsp3) is 0.348. The molecule has 0 saturated carbocycles. The predicted octanol–water partition coefficient (Wildman–Crippen LogP) is 3.22. The smallest absolute Gasteiger partial charge is 0.274 e. The van der Waals surface area contributed by atoms with Gasteiger partial charge in [-0.25, -0.2) is 4.68 Å². The molecule has 0 saturated heterocycles. The first kappa shape index (κ1) is 19.9. The number of benzene rings is 2. The maximum Gasteiger partial charge on any atom is 0.274 e. The normalized spacial score (nSPS) is 14.4. The van der Waals surface area contributed by atoms with E-state index in [9.17, 15) is 9.59 Å². The minimum atomic E-state index is -0.326. The molecule has 0 bridgehead atoms. The molecule has 1 aromatic heterocycles. The number of ether oxygens (including phenoxy) is 2. The van der Waals surface area contributed by atoms with Crippen LogP contribution in [0.4, 0.5) is 0 Å². The number of carbonyl (C=O) groups excluding carboxylic acids is 1. The molecule has 1 aliphatic rings. The zero-order valence-corrected chi connectivity index (χ0v) is 17.3. The molecule has 1 N–H and O–H groups in total. The van der Waals surface area contributed by atoms with Crippen LogP contribution >= 0.6 is 0 Å². The Kier molecular flexibility index (Phi) is 5.44. The maximum absolute atomic E-state index is 13.2. The maximum atomic E-state index is 13.2. The highest BCUT2D eigenvalue weighted by molar-refractivity contribution is 6.04. The first-order valence-electron chi connectivity index (χ1n) is 10.1. The van der Waals surface area contributed by atoms with Gasteiger partial charge in [-0.3, -0.25) is 9.59 Å². The Balaban J connectivity index is 1.69. The number of fused-ring (bicyclic) bond motifs is 2. The number of aryl methyl sites for hydroxylation is 1. The molecule has 1 atom stereocenters. The predicted molar refractivity (Wildman–Crippen MR) is 114 cm³/mol. The van der Waals surface area contributed by atoms with Crippen molar-refractivity contribution < 1.29 is 14.3 Å². The van der Waals surface area contributed by atoms with Gasteiger partial charge in [0.25, 0.3) is 11.5 Å². The second-order valence-corrected chi connectivity index (χ2v) is 7.77. The number of aromatic nitrogens is 2. The minimum absolute atomic E-state index is 0.123. The summed E-state index contributed by atoms with van der Waals surface area (Å²) in [5.74, 6) is 1.21. The molecule has 0 radical (unpaired) electrons. The molecule has 3 aromatic rings. The molecule has 0 unspecified atom stereocenters. The van der Waals surface area contributed by atoms with Crippen LogP contribution in [0.15, 0.2) is 47.3 Å². The Morgan fingerprint density at radius 3 is 2.50 bits per heavy atom. The molecule has 7 nitrogen and oxygen atoms in total. The van der Waals surface area contributed by atoms with E-state index in [1.165, 1.54) is 4.68 Å². The second kappa shape index (κ2) is 8.18. The van der Waals surface area contributed by atoms with E-state index in [1.54, 1.807) is 31.3 Å². The van der Waals surface area contributed by atoms with Crippen molar-refractivity contribution in [2.45, 2.75) is 26.3 Å². The lowest BCUT2D eigenvalue weighted by Crippen LogP contribution is -2.34. The third-order valence-electron chi connectivity index (χ3n) is 5.26. The van der Waals surface area contributed by atoms with Crippen LogP contribution in [0.5, 0.6) is 11.5 Å². The Bertz CT molecular complexity index is 1150. The van der Waals surface area contributed by atoms with Crippen LogP contribution in [0, 0.1) is 5.92 Å². The summed E-state index contributed by atoms with van der Waals surface area (Å²) >= 11 is 0. The highest BCUT2D eigenvalue weighted by Gasteiger charge is 2.24. The van der Waals surface area contributed by atoms with Crippen LogP contribution in [0.2, 0.25) is 0 Å². The molecular weight excluding hydrogens is 382 g/mol. The van der Waals surface area contributed by atoms with Crippen LogP contribution in [0.25, 0.3) is 10.8 Å². The standard InChI is InChI=1S/C23H25N3O4/c1-14(2)20(15-9-10-18-19(13-15)30-12-6-11-29-18)24-22(27)21-16-7-4-5-8-17(16)23(28)26(3)25-21/h4-5,7-10,13-14,20H,6,11-12H2,1-3H3,(H,24,27)/t20-/m0/s1. The van der Waals surface area contributed by atoms with Crippen molar-refractivity contribution in [2.24, 2.45) is 13.0 Å². The van der Waals surface area contributed by atoms with Crippen molar-refractivity contribution >= 4 is 16.7 Å². The van der Waals surface area contributed by atoms with Gasteiger partial charge in [-0.05, 0) is 29.7 Å². The number of nitrogens with one attached hydrogen (secondary N) is 1. The third kappa shape index (κ3) is 3.75. The third-order valence-corrected chi connectivity index (χ3v) is 5.26. The summed E-state index contributed by atoms with van der Waals surface area (Å²) in [6.07, 6.45) is 0.833. The second-order valence-electron chi connectivity index (χ2n) is 7.77. The van der Waals surface area contributed by atoms with Gasteiger partial charge in [0.05, 0.1) is 24.6 Å². The van der Waals surface area contributed by atoms with E-state index in [1.807, 2.05) is 32.0 Å². The molecule has 2 heterocycles. The number of carbonyl (C=O) groups is 1. The van der Waals surface area contributed by atoms with Crippen LogP contribution in [-0.2, 0) is 7.05 Å². The van der Waals surface area contributed by atoms with Crippen LogP contribution in [-0.4, -0.2) is 28.9 Å². The van der Waals surface area contributed by atoms with E-state index in [2.05, 4.69) is 10.4 Å². The Morgan fingerprint density at radius 2 is 1.77 bits per heavy atom. The topological polar surface area (TPSA) is 82.5 Å². The van der Waals surface area contributed by atoms with Gasteiger partial charge < -0.3 is 14.8 Å². The van der Waals surface area contributed by atoms with Gasteiger partial charge in [0.15, 0.2) is 17.2 Å². The van der Waals surface area contributed by atoms with Crippen molar-refractivity contribution in [1.82, 2.24) is 15.1 Å². The molecule has 4 rings (SSSR count). The minimum Gasteiger partial charge on any atom is -0.490 e. The molecule has 1 amide bonds. The van der Waals surface area contributed by atoms with E-state index in [4.69, 9.17) is 9.47 Å². The summed E-state index contributed by atoms with van der Waals surface area (Å²) < 4.78 is 12.7. The first-order valence-corrected chi connectivity index (χ1v) is 10.1. The van der Waals surface area contributed by atoms with Gasteiger partial charge in [-0.2, -0.15) is 5.10 Å². The molecule has 0 fully saturated rings. The quantitative estimate of drug-likeness (QED) is 0.718. The van der Waals surface area contributed by atoms with Gasteiger partial charge in [0.1, 0.15) is 0 Å². The van der Waals surface area contributed by atoms with Crippen LogP contribution in [0.3, 0.4) is 0 Å². The lowest BCUT2D eigenvalue weighted by Gasteiger charge is -2.24. The van der Waals surface area contributed by atoms with E-state index >= 15 is 0 Å². The summed E-state index contributed by atoms with van der Waals surface area (Å²) in [7, 11) is 1.55. The zero-order valence-electron chi connectivity index (χ0n) is 17.3. The van der Waals surface area contributed by atoms with Gasteiger partial charge in [-0.1, -0.05) is 38.1 Å². The highest BCUT2D eigenvalue weighted by Crippen LogP contribution is 2.34. The number of hydrogen-bond donors (Lipinski definition) is 1. The monoisotopic (exact) mass is 407 g/mol. The van der Waals surface area contributed by atoms with Gasteiger partial charge in [-0.15, -0.1) is 0 Å². The SMILES string of the molecule is CC(C)[C@H](NC(=O)c1nn(C)c(=O)c2ccccc12)c1ccc2c(c1)OCCCO2. The number of amides is 1. The average molecular weight is 407 g/mol. The van der Waals surface area contributed by atoms with E-state index < -0.39 is 0 Å². The summed E-state index contributed by atoms with van der Waals surface area (Å²) in [5, 5.41) is 8.34. The molecule has 7 heteroatoms. The summed E-state index contributed by atoms with van der Waals surface area (Å²) in [5.41, 5.74) is 0.926. The first-order chi connectivity index (χ1) is 14.5. The lowest BCUT2D eigenvalue weighted by atomic mass is 9.95. The molecule has 2 aromatic carbocycles. The zero-order chi connectivity index (χ0) is 21.3. The lowest BCUT2D eigenvalue weighted by molar-refractivity contribution is 0.0920. The molecule has 0 spiro atoms. The van der Waals surface area contributed by atoms with Gasteiger partial charge >= 0.3 is 0 Å². The summed E-state index contributed by atoms with van der Waals surface area (Å²) in [4.78, 5) is 25.6. The van der Waals surface area contributed by atoms with Crippen molar-refractivity contribution in [1.29, 1.82) is 0 Å². The number of hydrogen-bond acceptors (Lipinski definition) is 5. The van der Waals surface area contributed by atoms with Gasteiger partial charge in [0, 0.05) is 18.9 Å². The average Bonchev–Trinajstić information content (AvgIpc) is 2.99. The van der Waals surface area contributed by atoms with Crippen molar-refractivity contribution in [3.8, 4) is 11.5 Å². The van der Waals surface area contributed by atoms with Crippen LogP contribution < -0.4 is 20.3 Å². The summed E-state index contributed by atoms with van der Waals surface area (Å²) in [6.45, 7) is 5.31. The van der Waals surface area contributed by atoms with Crippen LogP contribution in [0.1, 0.15) is 42.4 Å². The van der Waals surface area contributed by atoms with E-state index in [-0.39, 0.29) is 29.1 Å². The largest absolute Gasteiger partial charge is 0.490 e. The van der Waals surface area contributed by atoms with E-state index in [0.29, 0.717) is 29.7 Å². The van der Waals surface area contributed by atoms with Crippen molar-refractivity contribution in [3.05, 3.63) is 64.1 Å². The number of rotatable bonds is 4. The van der Waals surface area contributed by atoms with Crippen molar-refractivity contribution in [2.75, 3.05) is 13.2 Å². The van der Waals surface area contributed by atoms with E-state index in [0.717, 1.165) is 17.7 Å². The molecule has 30 heavy (non-hydrogen) atoms. The molecular formula is C23H25N3O4. The Hall–Kier alpha value is -3.35. The molecule has 156 valence electrons. The highest BCUT2D eigenvalue weighted by atomic mass is 16.5. The molecule has 1 aliphatic heterocycles. The number of nitrogens with zero attached hydrogens (tertiary/aromatic N) is 2. The summed E-state index contributed by atoms with van der Waals surface area (Å²) in [6, 6.07) is 12.5. The molecule has 0 aliphatic carbocycles. The van der Waals surface area contributed by atoms with Crippen molar-refractivity contribution in [3.63, 3.8) is 0 Å². The fourth-order valence-corrected chi connectivity index (χ4v) is 3.69. The Labute approximate surface area is 174 Å². The fourth-order valence-electron chi connectivity index (χ4n) is 3.69. The van der Waals surface area contributed by atoms with Gasteiger partial charge in [0.2, 0.25) is 0 Å². The Morgan fingerprint density at radius 1 is 1.07 bits per heavy atom.